The molecule has 0 spiro atoms. The summed E-state index contributed by atoms with van der Waals surface area (Å²) in [5.41, 5.74) is 0. The van der Waals surface area contributed by atoms with Crippen LogP contribution < -0.4 is 5.32 Å². The molecule has 1 aliphatic rings. The lowest BCUT2D eigenvalue weighted by molar-refractivity contribution is 0.0725. The molecule has 1 saturated heterocycles. The predicted molar refractivity (Wildman–Crippen MR) is 64.2 cm³/mol. The average Bonchev–Trinajstić information content (AvgIpc) is 2.31. The van der Waals surface area contributed by atoms with E-state index in [2.05, 4.69) is 24.1 Å². The Hall–Kier alpha value is -0.120. The minimum Gasteiger partial charge on any atom is -0.380 e. The molecule has 1 atom stereocenters. The first-order chi connectivity index (χ1) is 7.36. The minimum absolute atomic E-state index is 0.746. The third-order valence-electron chi connectivity index (χ3n) is 3.20. The van der Waals surface area contributed by atoms with E-state index in [1.54, 1.807) is 0 Å². The molecule has 0 aliphatic carbocycles. The molecule has 0 aromatic rings. The van der Waals surface area contributed by atoms with Crippen molar-refractivity contribution >= 4 is 0 Å². The van der Waals surface area contributed by atoms with E-state index in [1.807, 2.05) is 0 Å². The molecule has 0 bridgehead atoms. The molecule has 90 valence electrons. The van der Waals surface area contributed by atoms with E-state index in [9.17, 15) is 0 Å². The number of piperidine rings is 1. The summed E-state index contributed by atoms with van der Waals surface area (Å²) in [6.07, 6.45) is 2.64. The number of ether oxygens (including phenoxy) is 1. The third kappa shape index (κ3) is 5.50. The van der Waals surface area contributed by atoms with Crippen LogP contribution in [-0.4, -0.2) is 50.8 Å². The maximum absolute atomic E-state index is 5.73. The van der Waals surface area contributed by atoms with E-state index in [0.29, 0.717) is 0 Å². The summed E-state index contributed by atoms with van der Waals surface area (Å²) in [7, 11) is 0. The Morgan fingerprint density at radius 3 is 2.73 bits per heavy atom. The monoisotopic (exact) mass is 214 g/mol. The highest BCUT2D eigenvalue weighted by Gasteiger charge is 2.12. The molecular weight excluding hydrogens is 188 g/mol. The van der Waals surface area contributed by atoms with Gasteiger partial charge in [0, 0.05) is 13.1 Å². The lowest BCUT2D eigenvalue weighted by Gasteiger charge is -2.23. The first-order valence-corrected chi connectivity index (χ1v) is 6.37. The van der Waals surface area contributed by atoms with Crippen LogP contribution in [-0.2, 0) is 4.74 Å². The zero-order chi connectivity index (χ0) is 10.9. The van der Waals surface area contributed by atoms with Gasteiger partial charge >= 0.3 is 0 Å². The normalized spacial score (nSPS) is 22.2. The van der Waals surface area contributed by atoms with Gasteiger partial charge < -0.3 is 15.0 Å². The fourth-order valence-corrected chi connectivity index (χ4v) is 2.05. The van der Waals surface area contributed by atoms with Gasteiger partial charge in [0.1, 0.15) is 0 Å². The fourth-order valence-electron chi connectivity index (χ4n) is 2.05. The maximum atomic E-state index is 5.73. The molecule has 1 aliphatic heterocycles. The van der Waals surface area contributed by atoms with Gasteiger partial charge in [-0.05, 0) is 38.4 Å². The first-order valence-electron chi connectivity index (χ1n) is 6.37. The smallest absolute Gasteiger partial charge is 0.0593 e. The standard InChI is InChI=1S/C12H26N2O/c1-3-14(4-2)8-9-15-11-12-6-5-7-13-10-12/h12-13H,3-11H2,1-2H3. The number of rotatable bonds is 7. The van der Waals surface area contributed by atoms with Gasteiger partial charge in [-0.3, -0.25) is 0 Å². The van der Waals surface area contributed by atoms with Crippen molar-refractivity contribution in [3.63, 3.8) is 0 Å². The second-order valence-corrected chi connectivity index (χ2v) is 4.31. The second kappa shape index (κ2) is 8.08. The number of nitrogens with zero attached hydrogens (tertiary/aromatic N) is 1. The third-order valence-corrected chi connectivity index (χ3v) is 3.20. The van der Waals surface area contributed by atoms with Crippen LogP contribution >= 0.6 is 0 Å². The van der Waals surface area contributed by atoms with E-state index in [-0.39, 0.29) is 0 Å². The van der Waals surface area contributed by atoms with Crippen LogP contribution in [0.5, 0.6) is 0 Å². The molecule has 1 N–H and O–H groups in total. The van der Waals surface area contributed by atoms with Crippen LogP contribution in [0.25, 0.3) is 0 Å². The summed E-state index contributed by atoms with van der Waals surface area (Å²) in [5.74, 6) is 0.746. The van der Waals surface area contributed by atoms with E-state index < -0.39 is 0 Å². The predicted octanol–water partition coefficient (Wildman–Crippen LogP) is 1.34. The minimum atomic E-state index is 0.746. The summed E-state index contributed by atoms with van der Waals surface area (Å²) in [6.45, 7) is 11.9. The molecule has 0 amide bonds. The molecular formula is C12H26N2O. The van der Waals surface area contributed by atoms with Crippen molar-refractivity contribution < 1.29 is 4.74 Å². The van der Waals surface area contributed by atoms with Crippen LogP contribution in [0, 0.1) is 5.92 Å². The van der Waals surface area contributed by atoms with Gasteiger partial charge in [0.25, 0.3) is 0 Å². The highest BCUT2D eigenvalue weighted by Crippen LogP contribution is 2.09. The molecule has 1 rings (SSSR count). The lowest BCUT2D eigenvalue weighted by atomic mass is 10.0. The Kier molecular flexibility index (Phi) is 6.98. The molecule has 0 aromatic carbocycles. The second-order valence-electron chi connectivity index (χ2n) is 4.31. The van der Waals surface area contributed by atoms with Crippen molar-refractivity contribution in [2.45, 2.75) is 26.7 Å². The van der Waals surface area contributed by atoms with Gasteiger partial charge in [-0.25, -0.2) is 0 Å². The van der Waals surface area contributed by atoms with Gasteiger partial charge in [0.2, 0.25) is 0 Å². The Bertz CT molecular complexity index is 143. The van der Waals surface area contributed by atoms with Crippen molar-refractivity contribution in [3.05, 3.63) is 0 Å². The summed E-state index contributed by atoms with van der Waals surface area (Å²) >= 11 is 0. The van der Waals surface area contributed by atoms with Crippen LogP contribution in [0.15, 0.2) is 0 Å². The van der Waals surface area contributed by atoms with Crippen LogP contribution in [0.1, 0.15) is 26.7 Å². The molecule has 0 radical (unpaired) electrons. The van der Waals surface area contributed by atoms with E-state index in [1.165, 1.54) is 19.4 Å². The highest BCUT2D eigenvalue weighted by molar-refractivity contribution is 4.68. The zero-order valence-corrected chi connectivity index (χ0v) is 10.3. The number of hydrogen-bond donors (Lipinski definition) is 1. The first kappa shape index (κ1) is 12.9. The van der Waals surface area contributed by atoms with Crippen molar-refractivity contribution in [2.24, 2.45) is 5.92 Å². The quantitative estimate of drug-likeness (QED) is 0.647. The Balaban J connectivity index is 1.95. The number of likely N-dealkylation sites (N-methyl/N-ethyl adjacent to an activating group) is 1. The van der Waals surface area contributed by atoms with Crippen LogP contribution in [0.2, 0.25) is 0 Å². The van der Waals surface area contributed by atoms with E-state index in [0.717, 1.165) is 45.3 Å². The van der Waals surface area contributed by atoms with Crippen molar-refractivity contribution in [1.29, 1.82) is 0 Å². The molecule has 15 heavy (non-hydrogen) atoms. The van der Waals surface area contributed by atoms with Gasteiger partial charge in [-0.2, -0.15) is 0 Å². The van der Waals surface area contributed by atoms with Crippen LogP contribution in [0.4, 0.5) is 0 Å². The molecule has 3 nitrogen and oxygen atoms in total. The maximum Gasteiger partial charge on any atom is 0.0593 e. The number of hydrogen-bond acceptors (Lipinski definition) is 3. The Morgan fingerprint density at radius 1 is 1.33 bits per heavy atom. The van der Waals surface area contributed by atoms with Gasteiger partial charge in [-0.1, -0.05) is 13.8 Å². The summed E-state index contributed by atoms with van der Waals surface area (Å²) in [5, 5.41) is 3.42. The Labute approximate surface area is 94.2 Å². The van der Waals surface area contributed by atoms with Gasteiger partial charge in [0.15, 0.2) is 0 Å². The van der Waals surface area contributed by atoms with Crippen LogP contribution in [0.3, 0.4) is 0 Å². The van der Waals surface area contributed by atoms with E-state index in [4.69, 9.17) is 4.74 Å². The SMILES string of the molecule is CCN(CC)CCOCC1CCCNC1. The van der Waals surface area contributed by atoms with Gasteiger partial charge in [0.05, 0.1) is 13.2 Å². The highest BCUT2D eigenvalue weighted by atomic mass is 16.5. The summed E-state index contributed by atoms with van der Waals surface area (Å²) in [4.78, 5) is 2.40. The topological polar surface area (TPSA) is 24.5 Å². The lowest BCUT2D eigenvalue weighted by Crippen LogP contribution is -2.33. The fraction of sp³-hybridized carbons (Fsp3) is 1.00. The molecule has 1 fully saturated rings. The molecule has 1 heterocycles. The molecule has 1 unspecified atom stereocenters. The zero-order valence-electron chi connectivity index (χ0n) is 10.3. The summed E-state index contributed by atoms with van der Waals surface area (Å²) in [6, 6.07) is 0. The Morgan fingerprint density at radius 2 is 2.13 bits per heavy atom. The van der Waals surface area contributed by atoms with Crippen molar-refractivity contribution in [3.8, 4) is 0 Å². The molecule has 3 heteroatoms. The molecule has 0 saturated carbocycles. The van der Waals surface area contributed by atoms with Crippen molar-refractivity contribution in [2.75, 3.05) is 45.9 Å². The largest absolute Gasteiger partial charge is 0.380 e. The van der Waals surface area contributed by atoms with E-state index >= 15 is 0 Å². The molecule has 0 aromatic heterocycles. The number of nitrogens with one attached hydrogen (secondary N) is 1. The summed E-state index contributed by atoms with van der Waals surface area (Å²) < 4.78 is 5.73. The van der Waals surface area contributed by atoms with Gasteiger partial charge in [-0.15, -0.1) is 0 Å². The average molecular weight is 214 g/mol. The van der Waals surface area contributed by atoms with Crippen molar-refractivity contribution in [1.82, 2.24) is 10.2 Å².